The fourth-order valence-electron chi connectivity index (χ4n) is 3.43. The van der Waals surface area contributed by atoms with Crippen LogP contribution in [0.3, 0.4) is 0 Å². The summed E-state index contributed by atoms with van der Waals surface area (Å²) < 4.78 is 26.5. The van der Waals surface area contributed by atoms with E-state index in [9.17, 15) is 24.3 Å². The molecule has 10 nitrogen and oxygen atoms in total. The quantitative estimate of drug-likeness (QED) is 0.478. The Labute approximate surface area is 179 Å². The molecule has 1 aliphatic rings. The summed E-state index contributed by atoms with van der Waals surface area (Å²) in [5.74, 6) is -2.93. The number of esters is 4. The SMILES string of the molecule is CC(=O)OC[C@H]1O[C@@H](OC(C)=O)[C@H](OC(C)=O)[C@](O)(Cc2ccccc2)[C@@H]1OC(C)=O. The van der Waals surface area contributed by atoms with Gasteiger partial charge in [-0.25, -0.2) is 0 Å². The topological polar surface area (TPSA) is 135 Å². The summed E-state index contributed by atoms with van der Waals surface area (Å²) in [5.41, 5.74) is -1.46. The van der Waals surface area contributed by atoms with E-state index in [0.717, 1.165) is 20.8 Å². The second-order valence-electron chi connectivity index (χ2n) is 7.17. The summed E-state index contributed by atoms with van der Waals surface area (Å²) in [6, 6.07) is 8.67. The van der Waals surface area contributed by atoms with E-state index in [1.807, 2.05) is 0 Å². The highest BCUT2D eigenvalue weighted by atomic mass is 16.7. The Bertz CT molecular complexity index is 808. The number of carbonyl (C=O) groups excluding carboxylic acids is 4. The Morgan fingerprint density at radius 3 is 1.94 bits per heavy atom. The zero-order valence-electron chi connectivity index (χ0n) is 17.7. The monoisotopic (exact) mass is 438 g/mol. The van der Waals surface area contributed by atoms with Crippen LogP contribution in [0.2, 0.25) is 0 Å². The van der Waals surface area contributed by atoms with Gasteiger partial charge in [-0.05, 0) is 5.56 Å². The van der Waals surface area contributed by atoms with Gasteiger partial charge in [0.15, 0.2) is 17.8 Å². The smallest absolute Gasteiger partial charge is 0.305 e. The first-order chi connectivity index (χ1) is 14.5. The van der Waals surface area contributed by atoms with Gasteiger partial charge < -0.3 is 28.8 Å². The molecule has 1 fully saturated rings. The molecule has 1 N–H and O–H groups in total. The maximum Gasteiger partial charge on any atom is 0.305 e. The van der Waals surface area contributed by atoms with Gasteiger partial charge in [-0.15, -0.1) is 0 Å². The highest BCUT2D eigenvalue weighted by Crippen LogP contribution is 2.38. The van der Waals surface area contributed by atoms with Crippen LogP contribution in [-0.2, 0) is 49.3 Å². The predicted octanol–water partition coefficient (Wildman–Crippen LogP) is 0.675. The molecule has 1 aliphatic heterocycles. The molecular weight excluding hydrogens is 412 g/mol. The summed E-state index contributed by atoms with van der Waals surface area (Å²) in [6.07, 6.45) is -5.85. The van der Waals surface area contributed by atoms with Crippen LogP contribution in [0.5, 0.6) is 0 Å². The molecule has 0 saturated carbocycles. The lowest BCUT2D eigenvalue weighted by molar-refractivity contribution is -0.327. The third-order valence-electron chi connectivity index (χ3n) is 4.53. The van der Waals surface area contributed by atoms with Crippen molar-refractivity contribution in [2.75, 3.05) is 6.61 Å². The van der Waals surface area contributed by atoms with Gasteiger partial charge in [-0.1, -0.05) is 30.3 Å². The Morgan fingerprint density at radius 2 is 1.42 bits per heavy atom. The average Bonchev–Trinajstić information content (AvgIpc) is 2.66. The second kappa shape index (κ2) is 10.4. The van der Waals surface area contributed by atoms with Crippen LogP contribution in [0.4, 0.5) is 0 Å². The first kappa shape index (κ1) is 24.3. The van der Waals surface area contributed by atoms with E-state index in [2.05, 4.69) is 0 Å². The standard InChI is InChI=1S/C21H26O10/c1-12(22)27-11-17-18(28-13(2)23)21(26,10-16-8-6-5-7-9-16)19(29-14(3)24)20(31-17)30-15(4)25/h5-9,17-20,26H,10-11H2,1-4H3/t17-,18-,19+,20-,21+/m1/s1. The molecule has 0 unspecified atom stereocenters. The minimum Gasteiger partial charge on any atom is -0.463 e. The third kappa shape index (κ3) is 6.50. The fraction of sp³-hybridized carbons (Fsp3) is 0.524. The van der Waals surface area contributed by atoms with Gasteiger partial charge in [0.05, 0.1) is 0 Å². The molecule has 1 saturated heterocycles. The molecule has 10 heteroatoms. The normalized spacial score (nSPS) is 27.6. The molecule has 1 aromatic rings. The first-order valence-electron chi connectivity index (χ1n) is 9.59. The number of benzene rings is 1. The Morgan fingerprint density at radius 1 is 0.871 bits per heavy atom. The van der Waals surface area contributed by atoms with E-state index in [1.54, 1.807) is 30.3 Å². The number of carbonyl (C=O) groups is 4. The third-order valence-corrected chi connectivity index (χ3v) is 4.53. The van der Waals surface area contributed by atoms with Gasteiger partial charge in [-0.3, -0.25) is 19.2 Å². The van der Waals surface area contributed by atoms with Gasteiger partial charge in [0.1, 0.15) is 12.7 Å². The summed E-state index contributed by atoms with van der Waals surface area (Å²) in [4.78, 5) is 46.6. The van der Waals surface area contributed by atoms with Crippen molar-refractivity contribution < 1.29 is 48.0 Å². The molecule has 0 spiro atoms. The summed E-state index contributed by atoms with van der Waals surface area (Å²) in [5, 5.41) is 11.8. The summed E-state index contributed by atoms with van der Waals surface area (Å²) in [6.45, 7) is 4.12. The molecule has 5 atom stereocenters. The van der Waals surface area contributed by atoms with Crippen molar-refractivity contribution in [3.63, 3.8) is 0 Å². The number of hydrogen-bond donors (Lipinski definition) is 1. The molecular formula is C21H26O10. The Hall–Kier alpha value is -2.98. The van der Waals surface area contributed by atoms with Gasteiger partial charge in [0, 0.05) is 34.1 Å². The number of hydrogen-bond acceptors (Lipinski definition) is 10. The van der Waals surface area contributed by atoms with Crippen LogP contribution in [0.25, 0.3) is 0 Å². The van der Waals surface area contributed by atoms with Crippen molar-refractivity contribution in [1.82, 2.24) is 0 Å². The lowest BCUT2D eigenvalue weighted by Gasteiger charge is -2.49. The van der Waals surface area contributed by atoms with Crippen LogP contribution in [0.15, 0.2) is 30.3 Å². The molecule has 170 valence electrons. The van der Waals surface area contributed by atoms with E-state index in [1.165, 1.54) is 6.92 Å². The fourth-order valence-corrected chi connectivity index (χ4v) is 3.43. The lowest BCUT2D eigenvalue weighted by atomic mass is 9.79. The van der Waals surface area contributed by atoms with Crippen LogP contribution in [0, 0.1) is 0 Å². The van der Waals surface area contributed by atoms with E-state index in [4.69, 9.17) is 23.7 Å². The van der Waals surface area contributed by atoms with Crippen molar-refractivity contribution in [1.29, 1.82) is 0 Å². The highest BCUT2D eigenvalue weighted by molar-refractivity contribution is 5.68. The zero-order chi connectivity index (χ0) is 23.2. The maximum atomic E-state index is 11.8. The van der Waals surface area contributed by atoms with Gasteiger partial charge in [0.2, 0.25) is 6.29 Å². The van der Waals surface area contributed by atoms with E-state index < -0.39 is 60.7 Å². The van der Waals surface area contributed by atoms with Crippen molar-refractivity contribution in [3.05, 3.63) is 35.9 Å². The largest absolute Gasteiger partial charge is 0.463 e. The molecule has 0 radical (unpaired) electrons. The van der Waals surface area contributed by atoms with Crippen molar-refractivity contribution >= 4 is 23.9 Å². The summed E-state index contributed by atoms with van der Waals surface area (Å²) >= 11 is 0. The van der Waals surface area contributed by atoms with Gasteiger partial charge in [-0.2, -0.15) is 0 Å². The molecule has 1 heterocycles. The molecule has 0 amide bonds. The van der Waals surface area contributed by atoms with Gasteiger partial charge >= 0.3 is 23.9 Å². The maximum absolute atomic E-state index is 11.8. The summed E-state index contributed by atoms with van der Waals surface area (Å²) in [7, 11) is 0. The molecule has 1 aromatic carbocycles. The lowest BCUT2D eigenvalue weighted by Crippen LogP contribution is -2.70. The van der Waals surface area contributed by atoms with E-state index >= 15 is 0 Å². The Balaban J connectivity index is 2.56. The van der Waals surface area contributed by atoms with Crippen LogP contribution >= 0.6 is 0 Å². The average molecular weight is 438 g/mol. The minimum atomic E-state index is -2.08. The number of rotatable bonds is 7. The molecule has 0 aromatic heterocycles. The Kier molecular flexibility index (Phi) is 8.12. The molecule has 0 bridgehead atoms. The van der Waals surface area contributed by atoms with Crippen molar-refractivity contribution in [2.24, 2.45) is 0 Å². The highest BCUT2D eigenvalue weighted by Gasteiger charge is 2.61. The number of ether oxygens (including phenoxy) is 5. The minimum absolute atomic E-state index is 0.151. The molecule has 2 rings (SSSR count). The van der Waals surface area contributed by atoms with Crippen molar-refractivity contribution in [3.8, 4) is 0 Å². The van der Waals surface area contributed by atoms with Crippen molar-refractivity contribution in [2.45, 2.75) is 64.3 Å². The van der Waals surface area contributed by atoms with Crippen LogP contribution in [-0.4, -0.2) is 65.8 Å². The number of aliphatic hydroxyl groups is 1. The zero-order valence-corrected chi connectivity index (χ0v) is 17.7. The molecule has 0 aliphatic carbocycles. The second-order valence-corrected chi connectivity index (χ2v) is 7.17. The van der Waals surface area contributed by atoms with E-state index in [-0.39, 0.29) is 6.42 Å². The molecule has 31 heavy (non-hydrogen) atoms. The van der Waals surface area contributed by atoms with Gasteiger partial charge in [0.25, 0.3) is 0 Å². The van der Waals surface area contributed by atoms with Crippen LogP contribution in [0.1, 0.15) is 33.3 Å². The van der Waals surface area contributed by atoms with Crippen LogP contribution < -0.4 is 0 Å². The predicted molar refractivity (Wildman–Crippen MR) is 103 cm³/mol. The first-order valence-corrected chi connectivity index (χ1v) is 9.59. The van der Waals surface area contributed by atoms with E-state index in [0.29, 0.717) is 5.56 Å².